The molecule has 0 aliphatic carbocycles. The fourth-order valence-electron chi connectivity index (χ4n) is 12.5. The molecule has 0 aromatic rings. The first kappa shape index (κ1) is 81.6. The molecule has 0 aromatic heterocycles. The Morgan fingerprint density at radius 3 is 0.819 bits per heavy atom. The summed E-state index contributed by atoms with van der Waals surface area (Å²) in [6.07, 6.45) is 91.7. The third-order valence-corrected chi connectivity index (χ3v) is 18.3. The molecule has 0 saturated carbocycles. The predicted octanol–water partition coefficient (Wildman–Crippen LogP) is 25.1. The molecule has 2 unspecified atom stereocenters. The Kier molecular flexibility index (Phi) is 71.8. The average Bonchev–Trinajstić information content (AvgIpc) is 3.49. The van der Waals surface area contributed by atoms with E-state index in [9.17, 15) is 19.8 Å². The van der Waals surface area contributed by atoms with Crippen molar-refractivity contribution in [3.63, 3.8) is 0 Å². The van der Waals surface area contributed by atoms with E-state index >= 15 is 0 Å². The summed E-state index contributed by atoms with van der Waals surface area (Å²) in [5.74, 6) is -0.0373. The Hall–Kier alpha value is -1.40. The zero-order chi connectivity index (χ0) is 59.9. The molecule has 0 radical (unpaired) electrons. The van der Waals surface area contributed by atoms with E-state index in [0.29, 0.717) is 19.4 Å². The lowest BCUT2D eigenvalue weighted by Gasteiger charge is -2.20. The van der Waals surface area contributed by atoms with E-state index < -0.39 is 12.1 Å². The first-order chi connectivity index (χ1) is 41.0. The number of aliphatic hydroxyl groups is 2. The van der Waals surface area contributed by atoms with Crippen LogP contribution in [0.1, 0.15) is 444 Å². The van der Waals surface area contributed by atoms with Gasteiger partial charge in [0.05, 0.1) is 25.4 Å². The number of ether oxygens (including phenoxy) is 1. The average molecular weight is 1170 g/mol. The van der Waals surface area contributed by atoms with Crippen molar-refractivity contribution in [2.45, 2.75) is 456 Å². The molecule has 1 amide bonds. The van der Waals surface area contributed by atoms with Crippen molar-refractivity contribution in [2.24, 2.45) is 0 Å². The Morgan fingerprint density at radius 1 is 0.325 bits per heavy atom. The van der Waals surface area contributed by atoms with E-state index in [1.54, 1.807) is 6.08 Å². The highest BCUT2D eigenvalue weighted by atomic mass is 16.5. The van der Waals surface area contributed by atoms with Crippen LogP contribution in [0.15, 0.2) is 12.2 Å². The molecule has 2 atom stereocenters. The maximum absolute atomic E-state index is 12.5. The van der Waals surface area contributed by atoms with E-state index in [1.165, 1.54) is 379 Å². The van der Waals surface area contributed by atoms with Gasteiger partial charge < -0.3 is 20.3 Å². The lowest BCUT2D eigenvalue weighted by Crippen LogP contribution is -2.45. The van der Waals surface area contributed by atoms with Gasteiger partial charge in [-0.25, -0.2) is 0 Å². The topological polar surface area (TPSA) is 95.9 Å². The number of aliphatic hydroxyl groups excluding tert-OH is 2. The molecular weight excluding hydrogens is 1020 g/mol. The molecule has 0 aromatic carbocycles. The summed E-state index contributed by atoms with van der Waals surface area (Å²) in [5.41, 5.74) is 0. The van der Waals surface area contributed by atoms with Gasteiger partial charge in [0, 0.05) is 12.8 Å². The van der Waals surface area contributed by atoms with Crippen molar-refractivity contribution in [3.8, 4) is 0 Å². The first-order valence-electron chi connectivity index (χ1n) is 38.5. The number of hydrogen-bond acceptors (Lipinski definition) is 5. The van der Waals surface area contributed by atoms with Crippen LogP contribution < -0.4 is 5.32 Å². The smallest absolute Gasteiger partial charge is 0.305 e. The van der Waals surface area contributed by atoms with Gasteiger partial charge in [0.2, 0.25) is 5.91 Å². The van der Waals surface area contributed by atoms with E-state index in [2.05, 4.69) is 19.2 Å². The van der Waals surface area contributed by atoms with Gasteiger partial charge in [0.15, 0.2) is 0 Å². The van der Waals surface area contributed by atoms with Gasteiger partial charge in [-0.15, -0.1) is 0 Å². The van der Waals surface area contributed by atoms with Crippen LogP contribution >= 0.6 is 0 Å². The maximum atomic E-state index is 12.5. The maximum Gasteiger partial charge on any atom is 0.305 e. The molecule has 0 rings (SSSR count). The van der Waals surface area contributed by atoms with Gasteiger partial charge in [0.25, 0.3) is 0 Å². The van der Waals surface area contributed by atoms with Crippen LogP contribution in [0.4, 0.5) is 0 Å². The molecule has 6 heteroatoms. The van der Waals surface area contributed by atoms with Crippen LogP contribution in [-0.2, 0) is 14.3 Å². The fourth-order valence-corrected chi connectivity index (χ4v) is 12.5. The van der Waals surface area contributed by atoms with Crippen molar-refractivity contribution in [1.29, 1.82) is 0 Å². The van der Waals surface area contributed by atoms with Gasteiger partial charge in [-0.3, -0.25) is 9.59 Å². The van der Waals surface area contributed by atoms with E-state index in [4.69, 9.17) is 4.74 Å². The Morgan fingerprint density at radius 2 is 0.554 bits per heavy atom. The van der Waals surface area contributed by atoms with Crippen LogP contribution in [0.3, 0.4) is 0 Å². The summed E-state index contributed by atoms with van der Waals surface area (Å²) in [5, 5.41) is 23.3. The normalized spacial score (nSPS) is 12.5. The summed E-state index contributed by atoms with van der Waals surface area (Å²) >= 11 is 0. The van der Waals surface area contributed by atoms with Crippen molar-refractivity contribution >= 4 is 11.9 Å². The van der Waals surface area contributed by atoms with Crippen LogP contribution in [0, 0.1) is 0 Å². The zero-order valence-electron chi connectivity index (χ0n) is 56.7. The van der Waals surface area contributed by atoms with Crippen molar-refractivity contribution < 1.29 is 24.5 Å². The lowest BCUT2D eigenvalue weighted by atomic mass is 10.0. The Bertz CT molecular complexity index is 1260. The van der Waals surface area contributed by atoms with Gasteiger partial charge >= 0.3 is 5.97 Å². The highest BCUT2D eigenvalue weighted by Crippen LogP contribution is 2.20. The second kappa shape index (κ2) is 73.1. The molecule has 0 aliphatic rings. The standard InChI is InChI=1S/C77H151NO5/c1-3-5-7-9-11-13-15-17-19-21-22-23-29-32-35-38-41-45-49-53-57-61-65-69-75(80)74(73-79)78-76(81)70-66-62-58-54-50-46-42-39-36-33-30-27-25-24-26-28-31-34-37-40-44-48-52-56-60-64-68-72-83-77(82)71-67-63-59-55-51-47-43-20-18-16-14-12-10-8-6-4-2/h65,69,74-75,79-80H,3-64,66-68,70-73H2,1-2H3,(H,78,81)/b69-65+. The van der Waals surface area contributed by atoms with Gasteiger partial charge in [-0.05, 0) is 32.1 Å². The van der Waals surface area contributed by atoms with Crippen LogP contribution in [0.2, 0.25) is 0 Å². The predicted molar refractivity (Wildman–Crippen MR) is 366 cm³/mol. The highest BCUT2D eigenvalue weighted by molar-refractivity contribution is 5.76. The molecule has 6 nitrogen and oxygen atoms in total. The summed E-state index contributed by atoms with van der Waals surface area (Å²) in [4.78, 5) is 24.6. The van der Waals surface area contributed by atoms with Crippen LogP contribution in [0.5, 0.6) is 0 Å². The minimum atomic E-state index is -0.843. The summed E-state index contributed by atoms with van der Waals surface area (Å²) < 4.78 is 5.51. The molecular formula is C77H151NO5. The minimum absolute atomic E-state index is 0.0225. The number of carbonyl (C=O) groups excluding carboxylic acids is 2. The number of esters is 1. The largest absolute Gasteiger partial charge is 0.466 e. The summed E-state index contributed by atoms with van der Waals surface area (Å²) in [6, 6.07) is -0.626. The molecule has 83 heavy (non-hydrogen) atoms. The number of hydrogen-bond donors (Lipinski definition) is 3. The molecule has 0 spiro atoms. The Labute approximate surface area is 520 Å². The Balaban J connectivity index is 3.36. The second-order valence-corrected chi connectivity index (χ2v) is 26.7. The van der Waals surface area contributed by atoms with E-state index in [1.807, 2.05) is 6.08 Å². The number of unbranched alkanes of at least 4 members (excludes halogenated alkanes) is 62. The lowest BCUT2D eigenvalue weighted by molar-refractivity contribution is -0.143. The third-order valence-electron chi connectivity index (χ3n) is 18.3. The van der Waals surface area contributed by atoms with Gasteiger partial charge in [0.1, 0.15) is 0 Å². The van der Waals surface area contributed by atoms with E-state index in [-0.39, 0.29) is 18.5 Å². The minimum Gasteiger partial charge on any atom is -0.466 e. The molecule has 0 heterocycles. The van der Waals surface area contributed by atoms with Crippen molar-refractivity contribution in [3.05, 3.63) is 12.2 Å². The summed E-state index contributed by atoms with van der Waals surface area (Å²) in [6.45, 7) is 4.96. The number of amides is 1. The van der Waals surface area contributed by atoms with Gasteiger partial charge in [-0.1, -0.05) is 411 Å². The zero-order valence-corrected chi connectivity index (χ0v) is 56.7. The molecule has 3 N–H and O–H groups in total. The number of carbonyl (C=O) groups is 2. The second-order valence-electron chi connectivity index (χ2n) is 26.7. The van der Waals surface area contributed by atoms with Crippen molar-refractivity contribution in [2.75, 3.05) is 13.2 Å². The molecule has 0 aliphatic heterocycles. The monoisotopic (exact) mass is 1170 g/mol. The summed E-state index contributed by atoms with van der Waals surface area (Å²) in [7, 11) is 0. The number of allylic oxidation sites excluding steroid dienone is 1. The third kappa shape index (κ3) is 69.6. The molecule has 0 bridgehead atoms. The van der Waals surface area contributed by atoms with E-state index in [0.717, 1.165) is 38.5 Å². The number of rotatable bonds is 73. The molecule has 0 fully saturated rings. The first-order valence-corrected chi connectivity index (χ1v) is 38.5. The highest BCUT2D eigenvalue weighted by Gasteiger charge is 2.18. The fraction of sp³-hybridized carbons (Fsp3) is 0.948. The van der Waals surface area contributed by atoms with Crippen LogP contribution in [-0.4, -0.2) is 47.4 Å². The molecule has 494 valence electrons. The number of nitrogens with one attached hydrogen (secondary N) is 1. The van der Waals surface area contributed by atoms with Gasteiger partial charge in [-0.2, -0.15) is 0 Å². The van der Waals surface area contributed by atoms with Crippen LogP contribution in [0.25, 0.3) is 0 Å². The van der Waals surface area contributed by atoms with Crippen molar-refractivity contribution in [1.82, 2.24) is 5.32 Å². The SMILES string of the molecule is CCCCCCCCCCCCCCCCCCCCCCC/C=C/C(O)C(CO)NC(=O)CCCCCCCCCCCCCCCCCCCCCCCCCCCCCOC(=O)CCCCCCCCCCCCCCCCCC. The quantitative estimate of drug-likeness (QED) is 0.0320. The molecule has 0 saturated heterocycles.